The van der Waals surface area contributed by atoms with Crippen molar-refractivity contribution in [3.05, 3.63) is 28.8 Å². The molecule has 0 saturated carbocycles. The molecule has 0 radical (unpaired) electrons. The Hall–Kier alpha value is -1.13. The van der Waals surface area contributed by atoms with Crippen LogP contribution in [-0.4, -0.2) is 7.11 Å². The first kappa shape index (κ1) is 7.97. The van der Waals surface area contributed by atoms with Crippen LogP contribution in [-0.2, 0) is 0 Å². The van der Waals surface area contributed by atoms with Gasteiger partial charge in [0.15, 0.2) is 0 Å². The summed E-state index contributed by atoms with van der Waals surface area (Å²) >= 11 is 5.73. The van der Waals surface area contributed by atoms with Crippen LogP contribution in [0.5, 0.6) is 5.75 Å². The molecule has 1 rings (SSSR count). The van der Waals surface area contributed by atoms with Gasteiger partial charge in [0, 0.05) is 10.6 Å². The molecular formula is C9H7ClO. The van der Waals surface area contributed by atoms with E-state index in [4.69, 9.17) is 22.8 Å². The quantitative estimate of drug-likeness (QED) is 0.582. The molecule has 0 atom stereocenters. The molecule has 0 fully saturated rings. The van der Waals surface area contributed by atoms with Gasteiger partial charge in [-0.1, -0.05) is 17.5 Å². The van der Waals surface area contributed by atoms with E-state index in [2.05, 4.69) is 5.92 Å². The Bertz CT molecular complexity index is 299. The summed E-state index contributed by atoms with van der Waals surface area (Å²) in [6, 6.07) is 5.18. The van der Waals surface area contributed by atoms with Crippen molar-refractivity contribution in [1.82, 2.24) is 0 Å². The molecule has 0 aliphatic heterocycles. The first-order valence-corrected chi connectivity index (χ1v) is 3.45. The second-order valence-corrected chi connectivity index (χ2v) is 2.46. The maximum absolute atomic E-state index is 5.73. The maximum Gasteiger partial charge on any atom is 0.121 e. The van der Waals surface area contributed by atoms with Gasteiger partial charge in [0.1, 0.15) is 5.75 Å². The zero-order valence-corrected chi connectivity index (χ0v) is 6.85. The van der Waals surface area contributed by atoms with Crippen LogP contribution in [0.2, 0.25) is 5.02 Å². The fourth-order valence-corrected chi connectivity index (χ4v) is 0.989. The minimum Gasteiger partial charge on any atom is -0.497 e. The van der Waals surface area contributed by atoms with Gasteiger partial charge in [-0.3, -0.25) is 0 Å². The van der Waals surface area contributed by atoms with Gasteiger partial charge in [-0.05, 0) is 18.2 Å². The molecule has 0 aliphatic rings. The second-order valence-electron chi connectivity index (χ2n) is 2.02. The molecule has 1 nitrogen and oxygen atoms in total. The fraction of sp³-hybridized carbons (Fsp3) is 0.111. The van der Waals surface area contributed by atoms with Gasteiger partial charge >= 0.3 is 0 Å². The van der Waals surface area contributed by atoms with Crippen molar-refractivity contribution >= 4 is 11.6 Å². The van der Waals surface area contributed by atoms with Crippen LogP contribution in [0.4, 0.5) is 0 Å². The van der Waals surface area contributed by atoms with Gasteiger partial charge in [0.2, 0.25) is 0 Å². The molecule has 0 N–H and O–H groups in total. The van der Waals surface area contributed by atoms with E-state index >= 15 is 0 Å². The molecule has 2 heteroatoms. The smallest absolute Gasteiger partial charge is 0.121 e. The average molecular weight is 167 g/mol. The van der Waals surface area contributed by atoms with Crippen molar-refractivity contribution in [1.29, 1.82) is 0 Å². The number of halogens is 1. The Balaban J connectivity index is 3.15. The first-order chi connectivity index (χ1) is 5.26. The number of rotatable bonds is 1. The summed E-state index contributed by atoms with van der Waals surface area (Å²) in [7, 11) is 1.58. The summed E-state index contributed by atoms with van der Waals surface area (Å²) in [5.74, 6) is 3.16. The minimum atomic E-state index is 0.595. The lowest BCUT2D eigenvalue weighted by atomic mass is 10.2. The molecule has 0 aliphatic carbocycles. The van der Waals surface area contributed by atoms with Crippen LogP contribution in [0.1, 0.15) is 5.56 Å². The third kappa shape index (κ3) is 1.89. The number of benzene rings is 1. The summed E-state index contributed by atoms with van der Waals surface area (Å²) in [4.78, 5) is 0. The number of hydrogen-bond acceptors (Lipinski definition) is 1. The van der Waals surface area contributed by atoms with Crippen LogP contribution in [0.15, 0.2) is 18.2 Å². The van der Waals surface area contributed by atoms with Crippen molar-refractivity contribution < 1.29 is 4.74 Å². The van der Waals surface area contributed by atoms with E-state index in [9.17, 15) is 0 Å². The van der Waals surface area contributed by atoms with Gasteiger partial charge in [0.25, 0.3) is 0 Å². The van der Waals surface area contributed by atoms with Gasteiger partial charge < -0.3 is 4.74 Å². The summed E-state index contributed by atoms with van der Waals surface area (Å²) in [6.45, 7) is 0. The van der Waals surface area contributed by atoms with Crippen molar-refractivity contribution in [2.24, 2.45) is 0 Å². The van der Waals surface area contributed by atoms with Gasteiger partial charge in [0.05, 0.1) is 7.11 Å². The maximum atomic E-state index is 5.73. The SMILES string of the molecule is C#Cc1cc(Cl)cc(OC)c1. The van der Waals surface area contributed by atoms with Gasteiger partial charge in [-0.25, -0.2) is 0 Å². The number of ether oxygens (including phenoxy) is 1. The van der Waals surface area contributed by atoms with E-state index in [-0.39, 0.29) is 0 Å². The summed E-state index contributed by atoms with van der Waals surface area (Å²) < 4.78 is 4.96. The van der Waals surface area contributed by atoms with E-state index in [1.54, 1.807) is 25.3 Å². The van der Waals surface area contributed by atoms with Crippen LogP contribution >= 0.6 is 11.6 Å². The lowest BCUT2D eigenvalue weighted by Gasteiger charge is -2.00. The Labute approximate surface area is 70.9 Å². The molecule has 1 aromatic rings. The normalized spacial score (nSPS) is 8.82. The molecule has 11 heavy (non-hydrogen) atoms. The molecule has 0 amide bonds. The first-order valence-electron chi connectivity index (χ1n) is 3.07. The molecule has 0 saturated heterocycles. The summed E-state index contributed by atoms with van der Waals surface area (Å²) in [6.07, 6.45) is 5.18. The fourth-order valence-electron chi connectivity index (χ4n) is 0.764. The topological polar surface area (TPSA) is 9.23 Å². The van der Waals surface area contributed by atoms with E-state index in [0.29, 0.717) is 10.8 Å². The van der Waals surface area contributed by atoms with Crippen molar-refractivity contribution in [2.45, 2.75) is 0 Å². The lowest BCUT2D eigenvalue weighted by molar-refractivity contribution is 0.414. The van der Waals surface area contributed by atoms with Crippen LogP contribution in [0.25, 0.3) is 0 Å². The van der Waals surface area contributed by atoms with Gasteiger partial charge in [-0.15, -0.1) is 6.42 Å². The highest BCUT2D eigenvalue weighted by Gasteiger charge is 1.95. The molecule has 1 aromatic carbocycles. The third-order valence-corrected chi connectivity index (χ3v) is 1.49. The summed E-state index contributed by atoms with van der Waals surface area (Å²) in [5, 5.41) is 0.595. The molecule has 0 aromatic heterocycles. The largest absolute Gasteiger partial charge is 0.497 e. The van der Waals surface area contributed by atoms with Crippen molar-refractivity contribution in [3.63, 3.8) is 0 Å². The zero-order chi connectivity index (χ0) is 8.27. The average Bonchev–Trinajstić information content (AvgIpc) is 2.03. The van der Waals surface area contributed by atoms with E-state index in [0.717, 1.165) is 5.56 Å². The van der Waals surface area contributed by atoms with Gasteiger partial charge in [-0.2, -0.15) is 0 Å². The monoisotopic (exact) mass is 166 g/mol. The Morgan fingerprint density at radius 3 is 2.73 bits per heavy atom. The highest BCUT2D eigenvalue weighted by atomic mass is 35.5. The Kier molecular flexibility index (Phi) is 2.40. The number of hydrogen-bond donors (Lipinski definition) is 0. The predicted molar refractivity (Wildman–Crippen MR) is 45.9 cm³/mol. The van der Waals surface area contributed by atoms with Crippen molar-refractivity contribution in [2.75, 3.05) is 7.11 Å². The Morgan fingerprint density at radius 2 is 2.18 bits per heavy atom. The van der Waals surface area contributed by atoms with E-state index in [1.165, 1.54) is 0 Å². The van der Waals surface area contributed by atoms with E-state index < -0.39 is 0 Å². The molecular weight excluding hydrogens is 160 g/mol. The molecule has 0 heterocycles. The lowest BCUT2D eigenvalue weighted by Crippen LogP contribution is -1.83. The predicted octanol–water partition coefficient (Wildman–Crippen LogP) is 2.33. The number of methoxy groups -OCH3 is 1. The zero-order valence-electron chi connectivity index (χ0n) is 6.10. The molecule has 0 bridgehead atoms. The van der Waals surface area contributed by atoms with E-state index in [1.807, 2.05) is 0 Å². The standard InChI is InChI=1S/C9H7ClO/c1-3-7-4-8(10)6-9(5-7)11-2/h1,4-6H,2H3. The highest BCUT2D eigenvalue weighted by molar-refractivity contribution is 6.30. The van der Waals surface area contributed by atoms with Crippen LogP contribution in [0.3, 0.4) is 0 Å². The number of terminal acetylenes is 1. The second kappa shape index (κ2) is 3.32. The molecule has 56 valence electrons. The third-order valence-electron chi connectivity index (χ3n) is 1.27. The molecule has 0 spiro atoms. The van der Waals surface area contributed by atoms with Crippen LogP contribution < -0.4 is 4.74 Å². The minimum absolute atomic E-state index is 0.595. The molecule has 0 unspecified atom stereocenters. The Morgan fingerprint density at radius 1 is 1.45 bits per heavy atom. The summed E-state index contributed by atoms with van der Waals surface area (Å²) in [5.41, 5.74) is 0.731. The van der Waals surface area contributed by atoms with Crippen molar-refractivity contribution in [3.8, 4) is 18.1 Å². The van der Waals surface area contributed by atoms with Crippen LogP contribution in [0, 0.1) is 12.3 Å². The highest BCUT2D eigenvalue weighted by Crippen LogP contribution is 2.19.